The summed E-state index contributed by atoms with van der Waals surface area (Å²) in [5, 5.41) is 6.30. The second kappa shape index (κ2) is 7.14. The van der Waals surface area contributed by atoms with Gasteiger partial charge in [-0.05, 0) is 19.4 Å². The van der Waals surface area contributed by atoms with Crippen LogP contribution in [0, 0.1) is 0 Å². The molecule has 20 heavy (non-hydrogen) atoms. The molecule has 1 aromatic rings. The van der Waals surface area contributed by atoms with E-state index in [4.69, 9.17) is 9.47 Å². The SMILES string of the molecule is CCOc1cccc(CNCC2CCC(=O)N2)c1OC. The van der Waals surface area contributed by atoms with Crippen LogP contribution in [0.4, 0.5) is 0 Å². The van der Waals surface area contributed by atoms with Crippen LogP contribution in [0.5, 0.6) is 11.5 Å². The molecule has 0 radical (unpaired) electrons. The molecule has 0 saturated carbocycles. The van der Waals surface area contributed by atoms with Crippen molar-refractivity contribution in [3.05, 3.63) is 23.8 Å². The molecule has 5 heteroatoms. The van der Waals surface area contributed by atoms with Gasteiger partial charge in [-0.15, -0.1) is 0 Å². The van der Waals surface area contributed by atoms with E-state index in [1.165, 1.54) is 0 Å². The Morgan fingerprint density at radius 2 is 2.30 bits per heavy atom. The average Bonchev–Trinajstić information content (AvgIpc) is 2.85. The first-order valence-electron chi connectivity index (χ1n) is 7.03. The third-order valence-electron chi connectivity index (χ3n) is 3.36. The fraction of sp³-hybridized carbons (Fsp3) is 0.533. The van der Waals surface area contributed by atoms with E-state index in [9.17, 15) is 4.79 Å². The molecule has 0 spiro atoms. The molecule has 1 heterocycles. The highest BCUT2D eigenvalue weighted by atomic mass is 16.5. The number of nitrogens with one attached hydrogen (secondary N) is 2. The lowest BCUT2D eigenvalue weighted by atomic mass is 10.1. The van der Waals surface area contributed by atoms with Crippen molar-refractivity contribution < 1.29 is 14.3 Å². The Hall–Kier alpha value is -1.75. The maximum atomic E-state index is 11.1. The first-order chi connectivity index (χ1) is 9.74. The highest BCUT2D eigenvalue weighted by molar-refractivity contribution is 5.78. The van der Waals surface area contributed by atoms with Crippen molar-refractivity contribution in [2.45, 2.75) is 32.4 Å². The Kier molecular flexibility index (Phi) is 5.24. The Bertz CT molecular complexity index is 462. The van der Waals surface area contributed by atoms with Gasteiger partial charge in [0.15, 0.2) is 11.5 Å². The van der Waals surface area contributed by atoms with Crippen molar-refractivity contribution in [2.24, 2.45) is 0 Å². The molecule has 2 rings (SSSR count). The van der Waals surface area contributed by atoms with Crippen molar-refractivity contribution >= 4 is 5.91 Å². The first kappa shape index (κ1) is 14.7. The predicted molar refractivity (Wildman–Crippen MR) is 77.0 cm³/mol. The number of para-hydroxylation sites is 1. The number of ether oxygens (including phenoxy) is 2. The van der Waals surface area contributed by atoms with Crippen molar-refractivity contribution in [3.63, 3.8) is 0 Å². The summed E-state index contributed by atoms with van der Waals surface area (Å²) in [6.07, 6.45) is 1.54. The topological polar surface area (TPSA) is 59.6 Å². The van der Waals surface area contributed by atoms with Gasteiger partial charge in [0, 0.05) is 31.1 Å². The van der Waals surface area contributed by atoms with Crippen LogP contribution in [0.2, 0.25) is 0 Å². The summed E-state index contributed by atoms with van der Waals surface area (Å²) in [5.74, 6) is 1.69. The lowest BCUT2D eigenvalue weighted by molar-refractivity contribution is -0.119. The standard InChI is InChI=1S/C15H22N2O3/c1-3-20-13-6-4-5-11(15(13)19-2)9-16-10-12-7-8-14(18)17-12/h4-6,12,16H,3,7-10H2,1-2H3,(H,17,18). The van der Waals surface area contributed by atoms with E-state index >= 15 is 0 Å². The Morgan fingerprint density at radius 1 is 1.45 bits per heavy atom. The zero-order valence-corrected chi connectivity index (χ0v) is 12.1. The van der Waals surface area contributed by atoms with E-state index in [1.54, 1.807) is 7.11 Å². The van der Waals surface area contributed by atoms with Gasteiger partial charge < -0.3 is 20.1 Å². The lowest BCUT2D eigenvalue weighted by Gasteiger charge is -2.15. The van der Waals surface area contributed by atoms with E-state index < -0.39 is 0 Å². The normalized spacial score (nSPS) is 17.9. The zero-order chi connectivity index (χ0) is 14.4. The maximum absolute atomic E-state index is 11.1. The number of amides is 1. The fourth-order valence-corrected chi connectivity index (χ4v) is 2.41. The summed E-state index contributed by atoms with van der Waals surface area (Å²) in [5.41, 5.74) is 1.06. The van der Waals surface area contributed by atoms with Crippen LogP contribution in [0.25, 0.3) is 0 Å². The van der Waals surface area contributed by atoms with Crippen LogP contribution in [0.1, 0.15) is 25.3 Å². The van der Waals surface area contributed by atoms with Crippen molar-refractivity contribution in [3.8, 4) is 11.5 Å². The lowest BCUT2D eigenvalue weighted by Crippen LogP contribution is -2.35. The van der Waals surface area contributed by atoms with Crippen LogP contribution in [-0.4, -0.2) is 32.2 Å². The van der Waals surface area contributed by atoms with Gasteiger partial charge in [0.1, 0.15) is 0 Å². The van der Waals surface area contributed by atoms with Gasteiger partial charge in [-0.2, -0.15) is 0 Å². The van der Waals surface area contributed by atoms with E-state index in [2.05, 4.69) is 10.6 Å². The number of methoxy groups -OCH3 is 1. The molecule has 1 unspecified atom stereocenters. The molecule has 0 bridgehead atoms. The predicted octanol–water partition coefficient (Wildman–Crippen LogP) is 1.46. The van der Waals surface area contributed by atoms with E-state index in [-0.39, 0.29) is 11.9 Å². The molecule has 110 valence electrons. The molecule has 1 aromatic carbocycles. The molecule has 1 amide bonds. The summed E-state index contributed by atoms with van der Waals surface area (Å²) >= 11 is 0. The van der Waals surface area contributed by atoms with Gasteiger partial charge in [-0.25, -0.2) is 0 Å². The molecule has 0 aliphatic carbocycles. The summed E-state index contributed by atoms with van der Waals surface area (Å²) in [7, 11) is 1.65. The molecule has 0 aromatic heterocycles. The van der Waals surface area contributed by atoms with Gasteiger partial charge in [0.05, 0.1) is 13.7 Å². The summed E-state index contributed by atoms with van der Waals surface area (Å²) in [4.78, 5) is 11.1. The third kappa shape index (κ3) is 3.63. The highest BCUT2D eigenvalue weighted by Crippen LogP contribution is 2.30. The second-order valence-electron chi connectivity index (χ2n) is 4.82. The second-order valence-corrected chi connectivity index (χ2v) is 4.82. The molecule has 1 aliphatic heterocycles. The zero-order valence-electron chi connectivity index (χ0n) is 12.1. The van der Waals surface area contributed by atoms with Gasteiger partial charge in [-0.3, -0.25) is 4.79 Å². The minimum atomic E-state index is 0.146. The number of carbonyl (C=O) groups excluding carboxylic acids is 1. The Labute approximate surface area is 119 Å². The summed E-state index contributed by atoms with van der Waals surface area (Å²) < 4.78 is 11.0. The van der Waals surface area contributed by atoms with Gasteiger partial charge in [-0.1, -0.05) is 12.1 Å². The van der Waals surface area contributed by atoms with Crippen molar-refractivity contribution in [1.82, 2.24) is 10.6 Å². The van der Waals surface area contributed by atoms with Gasteiger partial charge in [0.2, 0.25) is 5.91 Å². The van der Waals surface area contributed by atoms with E-state index in [1.807, 2.05) is 25.1 Å². The molecule has 1 fully saturated rings. The summed E-state index contributed by atoms with van der Waals surface area (Å²) in [6, 6.07) is 6.12. The van der Waals surface area contributed by atoms with Crippen LogP contribution < -0.4 is 20.1 Å². The molecular formula is C15H22N2O3. The number of rotatable bonds is 7. The number of hydrogen-bond acceptors (Lipinski definition) is 4. The fourth-order valence-electron chi connectivity index (χ4n) is 2.41. The van der Waals surface area contributed by atoms with Crippen LogP contribution in [-0.2, 0) is 11.3 Å². The maximum Gasteiger partial charge on any atom is 0.220 e. The monoisotopic (exact) mass is 278 g/mol. The quantitative estimate of drug-likeness (QED) is 0.793. The molecule has 2 N–H and O–H groups in total. The van der Waals surface area contributed by atoms with Crippen LogP contribution >= 0.6 is 0 Å². The number of hydrogen-bond donors (Lipinski definition) is 2. The number of carbonyl (C=O) groups is 1. The molecule has 1 aliphatic rings. The third-order valence-corrected chi connectivity index (χ3v) is 3.36. The molecule has 1 atom stereocenters. The largest absolute Gasteiger partial charge is 0.493 e. The minimum Gasteiger partial charge on any atom is -0.493 e. The highest BCUT2D eigenvalue weighted by Gasteiger charge is 2.20. The molecule has 1 saturated heterocycles. The van der Waals surface area contributed by atoms with Crippen molar-refractivity contribution in [1.29, 1.82) is 0 Å². The molecular weight excluding hydrogens is 256 g/mol. The smallest absolute Gasteiger partial charge is 0.220 e. The molecule has 5 nitrogen and oxygen atoms in total. The van der Waals surface area contributed by atoms with E-state index in [0.29, 0.717) is 19.6 Å². The van der Waals surface area contributed by atoms with Crippen LogP contribution in [0.3, 0.4) is 0 Å². The summed E-state index contributed by atoms with van der Waals surface area (Å²) in [6.45, 7) is 4.03. The van der Waals surface area contributed by atoms with Crippen LogP contribution in [0.15, 0.2) is 18.2 Å². The first-order valence-corrected chi connectivity index (χ1v) is 7.03. The van der Waals surface area contributed by atoms with Crippen molar-refractivity contribution in [2.75, 3.05) is 20.3 Å². The minimum absolute atomic E-state index is 0.146. The Morgan fingerprint density at radius 3 is 2.95 bits per heavy atom. The van der Waals surface area contributed by atoms with E-state index in [0.717, 1.165) is 30.0 Å². The Balaban J connectivity index is 1.91. The average molecular weight is 278 g/mol. The van der Waals surface area contributed by atoms with Gasteiger partial charge in [0.25, 0.3) is 0 Å². The number of benzene rings is 1. The van der Waals surface area contributed by atoms with Gasteiger partial charge >= 0.3 is 0 Å².